The van der Waals surface area contributed by atoms with Crippen LogP contribution in [-0.4, -0.2) is 0 Å². The van der Waals surface area contributed by atoms with E-state index in [1.54, 1.807) is 0 Å². The second kappa shape index (κ2) is 4.02. The van der Waals surface area contributed by atoms with Crippen molar-refractivity contribution in [2.45, 2.75) is 60.3 Å². The monoisotopic (exact) mass is 182 g/mol. The minimum absolute atomic E-state index is 0.687. The molecule has 0 N–H and O–H groups in total. The lowest BCUT2D eigenvalue weighted by Gasteiger charge is -2.20. The Labute approximate surface area is 84.1 Å². The van der Waals surface area contributed by atoms with Crippen LogP contribution < -0.4 is 0 Å². The molecule has 0 aliphatic heterocycles. The fourth-order valence-electron chi connectivity index (χ4n) is 3.29. The van der Waals surface area contributed by atoms with Gasteiger partial charge in [-0.25, -0.2) is 0 Å². The highest BCUT2D eigenvalue weighted by Gasteiger charge is 2.59. The van der Waals surface area contributed by atoms with Crippen molar-refractivity contribution in [3.8, 4) is 0 Å². The predicted molar refractivity (Wildman–Crippen MR) is 59.7 cm³/mol. The highest BCUT2D eigenvalue weighted by atomic mass is 14.6. The van der Waals surface area contributed by atoms with Crippen molar-refractivity contribution in [2.24, 2.45) is 23.2 Å². The molecule has 1 rings (SSSR count). The standard InChI is InChI=1S/C13H26/c1-6-8-10(3)13(5)11(4)12(13)9-7-2/h10-12H,6-9H2,1-5H3. The first-order valence-corrected chi connectivity index (χ1v) is 6.08. The Kier molecular flexibility index (Phi) is 3.43. The van der Waals surface area contributed by atoms with Gasteiger partial charge in [0.2, 0.25) is 0 Å². The predicted octanol–water partition coefficient (Wildman–Crippen LogP) is 4.49. The van der Waals surface area contributed by atoms with Crippen LogP contribution in [0.4, 0.5) is 0 Å². The van der Waals surface area contributed by atoms with Crippen LogP contribution in [0.2, 0.25) is 0 Å². The van der Waals surface area contributed by atoms with Crippen molar-refractivity contribution >= 4 is 0 Å². The lowest BCUT2D eigenvalue weighted by Crippen LogP contribution is -2.12. The van der Waals surface area contributed by atoms with E-state index in [0.717, 1.165) is 17.8 Å². The van der Waals surface area contributed by atoms with Crippen molar-refractivity contribution < 1.29 is 0 Å². The van der Waals surface area contributed by atoms with Gasteiger partial charge >= 0.3 is 0 Å². The lowest BCUT2D eigenvalue weighted by molar-refractivity contribution is 0.291. The first-order valence-electron chi connectivity index (χ1n) is 6.08. The van der Waals surface area contributed by atoms with Crippen LogP contribution in [0.1, 0.15) is 60.3 Å². The van der Waals surface area contributed by atoms with Gasteiger partial charge < -0.3 is 0 Å². The maximum Gasteiger partial charge on any atom is -0.0241 e. The molecule has 0 bridgehead atoms. The van der Waals surface area contributed by atoms with Gasteiger partial charge in [0.15, 0.2) is 0 Å². The summed E-state index contributed by atoms with van der Waals surface area (Å²) in [4.78, 5) is 0. The first-order chi connectivity index (χ1) is 6.08. The van der Waals surface area contributed by atoms with Crippen molar-refractivity contribution in [1.82, 2.24) is 0 Å². The Hall–Kier alpha value is 0. The molecule has 0 nitrogen and oxygen atoms in total. The number of hydrogen-bond acceptors (Lipinski definition) is 0. The summed E-state index contributed by atoms with van der Waals surface area (Å²) < 4.78 is 0. The third-order valence-corrected chi connectivity index (χ3v) is 4.66. The van der Waals surface area contributed by atoms with E-state index in [9.17, 15) is 0 Å². The summed E-state index contributed by atoms with van der Waals surface area (Å²) in [6.45, 7) is 12.0. The summed E-state index contributed by atoms with van der Waals surface area (Å²) in [5, 5.41) is 0. The molecule has 4 atom stereocenters. The van der Waals surface area contributed by atoms with E-state index in [1.165, 1.54) is 25.7 Å². The molecule has 1 saturated carbocycles. The van der Waals surface area contributed by atoms with Gasteiger partial charge in [0.25, 0.3) is 0 Å². The molecule has 1 aliphatic rings. The highest BCUT2D eigenvalue weighted by Crippen LogP contribution is 2.65. The third kappa shape index (κ3) is 1.78. The number of hydrogen-bond donors (Lipinski definition) is 0. The van der Waals surface area contributed by atoms with E-state index in [4.69, 9.17) is 0 Å². The fraction of sp³-hybridized carbons (Fsp3) is 1.00. The van der Waals surface area contributed by atoms with E-state index >= 15 is 0 Å². The highest BCUT2D eigenvalue weighted by molar-refractivity contribution is 5.07. The SMILES string of the molecule is CCCC(C)C1(C)C(C)C1CCC. The van der Waals surface area contributed by atoms with E-state index in [-0.39, 0.29) is 0 Å². The van der Waals surface area contributed by atoms with Gasteiger partial charge in [0.05, 0.1) is 0 Å². The van der Waals surface area contributed by atoms with Gasteiger partial charge in [-0.3, -0.25) is 0 Å². The first kappa shape index (κ1) is 11.1. The topological polar surface area (TPSA) is 0 Å². The normalized spacial score (nSPS) is 40.4. The molecule has 0 heterocycles. The molecule has 0 aromatic carbocycles. The summed E-state index contributed by atoms with van der Waals surface area (Å²) in [7, 11) is 0. The summed E-state index contributed by atoms with van der Waals surface area (Å²) in [5.41, 5.74) is 0.687. The van der Waals surface area contributed by atoms with Crippen LogP contribution in [0.25, 0.3) is 0 Å². The molecule has 0 aromatic heterocycles. The Bertz CT molecular complexity index is 151. The molecule has 0 amide bonds. The zero-order valence-corrected chi connectivity index (χ0v) is 10.1. The third-order valence-electron chi connectivity index (χ3n) is 4.66. The molecule has 0 aromatic rings. The van der Waals surface area contributed by atoms with Crippen molar-refractivity contribution in [3.63, 3.8) is 0 Å². The molecule has 1 fully saturated rings. The Morgan fingerprint density at radius 3 is 2.31 bits per heavy atom. The summed E-state index contributed by atoms with van der Waals surface area (Å²) in [5.74, 6) is 2.94. The molecule has 0 spiro atoms. The quantitative estimate of drug-likeness (QED) is 0.587. The van der Waals surface area contributed by atoms with Gasteiger partial charge in [-0.1, -0.05) is 53.9 Å². The fourth-order valence-corrected chi connectivity index (χ4v) is 3.29. The van der Waals surface area contributed by atoms with Crippen LogP contribution in [0.15, 0.2) is 0 Å². The van der Waals surface area contributed by atoms with E-state index < -0.39 is 0 Å². The molecule has 0 radical (unpaired) electrons. The zero-order valence-electron chi connectivity index (χ0n) is 10.1. The summed E-state index contributed by atoms with van der Waals surface area (Å²) in [6, 6.07) is 0. The molecule has 13 heavy (non-hydrogen) atoms. The van der Waals surface area contributed by atoms with Gasteiger partial charge in [-0.15, -0.1) is 0 Å². The molecular formula is C13H26. The summed E-state index contributed by atoms with van der Waals surface area (Å²) >= 11 is 0. The van der Waals surface area contributed by atoms with Crippen LogP contribution in [0.5, 0.6) is 0 Å². The van der Waals surface area contributed by atoms with E-state index in [0.29, 0.717) is 5.41 Å². The maximum absolute atomic E-state index is 2.51. The minimum atomic E-state index is 0.687. The van der Waals surface area contributed by atoms with Crippen molar-refractivity contribution in [2.75, 3.05) is 0 Å². The Morgan fingerprint density at radius 1 is 1.23 bits per heavy atom. The molecule has 0 heteroatoms. The minimum Gasteiger partial charge on any atom is -0.0654 e. The smallest absolute Gasteiger partial charge is 0.0241 e. The molecule has 78 valence electrons. The number of rotatable bonds is 5. The van der Waals surface area contributed by atoms with Crippen molar-refractivity contribution in [3.05, 3.63) is 0 Å². The van der Waals surface area contributed by atoms with Gasteiger partial charge in [-0.2, -0.15) is 0 Å². The lowest BCUT2D eigenvalue weighted by atomic mass is 9.85. The summed E-state index contributed by atoms with van der Waals surface area (Å²) in [6.07, 6.45) is 5.58. The van der Waals surface area contributed by atoms with Crippen LogP contribution in [0.3, 0.4) is 0 Å². The average Bonchev–Trinajstić information content (AvgIpc) is 2.60. The Morgan fingerprint density at radius 2 is 1.85 bits per heavy atom. The second-order valence-electron chi connectivity index (χ2n) is 5.24. The molecular weight excluding hydrogens is 156 g/mol. The molecule has 1 aliphatic carbocycles. The largest absolute Gasteiger partial charge is 0.0654 e. The van der Waals surface area contributed by atoms with Gasteiger partial charge in [0, 0.05) is 0 Å². The van der Waals surface area contributed by atoms with Crippen molar-refractivity contribution in [1.29, 1.82) is 0 Å². The van der Waals surface area contributed by atoms with Crippen LogP contribution in [0, 0.1) is 23.2 Å². The Balaban J connectivity index is 2.48. The van der Waals surface area contributed by atoms with Gasteiger partial charge in [-0.05, 0) is 29.6 Å². The van der Waals surface area contributed by atoms with Crippen LogP contribution >= 0.6 is 0 Å². The van der Waals surface area contributed by atoms with E-state index in [1.807, 2.05) is 0 Å². The average molecular weight is 182 g/mol. The zero-order chi connectivity index (χ0) is 10.1. The van der Waals surface area contributed by atoms with Crippen LogP contribution in [-0.2, 0) is 0 Å². The second-order valence-corrected chi connectivity index (χ2v) is 5.24. The maximum atomic E-state index is 2.51. The molecule has 0 saturated heterocycles. The van der Waals surface area contributed by atoms with E-state index in [2.05, 4.69) is 34.6 Å². The van der Waals surface area contributed by atoms with Gasteiger partial charge in [0.1, 0.15) is 0 Å². The molecule has 4 unspecified atom stereocenters.